The first-order chi connectivity index (χ1) is 17.3. The Kier molecular flexibility index (Phi) is 9.07. The molecule has 0 saturated heterocycles. The molecule has 0 aromatic heterocycles. The normalized spacial score (nSPS) is 11.4. The van der Waals surface area contributed by atoms with Crippen LogP contribution in [0, 0.1) is 0 Å². The van der Waals surface area contributed by atoms with Crippen molar-refractivity contribution in [2.45, 2.75) is 13.8 Å². The second kappa shape index (κ2) is 12.4. The predicted octanol–water partition coefficient (Wildman–Crippen LogP) is 4.52. The number of carbonyl (C=O) groups is 2. The van der Waals surface area contributed by atoms with E-state index in [0.29, 0.717) is 11.1 Å². The third kappa shape index (κ3) is 6.86. The van der Waals surface area contributed by atoms with Crippen molar-refractivity contribution in [3.8, 4) is 11.5 Å². The van der Waals surface area contributed by atoms with Crippen LogP contribution in [-0.2, 0) is 4.79 Å². The molecule has 0 spiro atoms. The minimum Gasteiger partial charge on any atom is -0.504 e. The number of benzene rings is 3. The molecule has 4 N–H and O–H groups in total. The first-order valence-electron chi connectivity index (χ1n) is 11.3. The smallest absolute Gasteiger partial charge is 0.287 e. The number of halogens is 1. The maximum atomic E-state index is 12.9. The lowest BCUT2D eigenvalue weighted by molar-refractivity contribution is -0.117. The SMILES string of the molecule is CCN(CC)c1ccc(C=C(NC(=O)c2ccccc2Cl)C(=O)NN=Cc2ccc(O)c(O)c2)cc1. The number of carbonyl (C=O) groups excluding carboxylic acids is 2. The van der Waals surface area contributed by atoms with Crippen molar-refractivity contribution >= 4 is 41.4 Å². The van der Waals surface area contributed by atoms with Gasteiger partial charge in [0, 0.05) is 18.8 Å². The molecule has 0 unspecified atom stereocenters. The summed E-state index contributed by atoms with van der Waals surface area (Å²) in [5, 5.41) is 25.8. The zero-order valence-corrected chi connectivity index (χ0v) is 20.7. The van der Waals surface area contributed by atoms with Crippen LogP contribution in [0.2, 0.25) is 5.02 Å². The number of aromatic hydroxyl groups is 2. The fourth-order valence-electron chi connectivity index (χ4n) is 3.38. The number of rotatable bonds is 9. The molecule has 8 nitrogen and oxygen atoms in total. The Morgan fingerprint density at radius 2 is 1.61 bits per heavy atom. The monoisotopic (exact) mass is 506 g/mol. The van der Waals surface area contributed by atoms with E-state index in [-0.39, 0.29) is 27.8 Å². The number of phenolic OH excluding ortho intramolecular Hbond substituents is 2. The zero-order chi connectivity index (χ0) is 26.1. The van der Waals surface area contributed by atoms with Crippen molar-refractivity contribution in [1.29, 1.82) is 0 Å². The summed E-state index contributed by atoms with van der Waals surface area (Å²) < 4.78 is 0. The highest BCUT2D eigenvalue weighted by Gasteiger charge is 2.16. The number of nitrogens with one attached hydrogen (secondary N) is 2. The molecule has 186 valence electrons. The van der Waals surface area contributed by atoms with Gasteiger partial charge in [-0.2, -0.15) is 5.10 Å². The van der Waals surface area contributed by atoms with Crippen molar-refractivity contribution in [3.63, 3.8) is 0 Å². The lowest BCUT2D eigenvalue weighted by Gasteiger charge is -2.21. The summed E-state index contributed by atoms with van der Waals surface area (Å²) in [6.07, 6.45) is 2.83. The highest BCUT2D eigenvalue weighted by atomic mass is 35.5. The van der Waals surface area contributed by atoms with Crippen molar-refractivity contribution in [2.75, 3.05) is 18.0 Å². The van der Waals surface area contributed by atoms with Crippen LogP contribution in [0.1, 0.15) is 35.3 Å². The van der Waals surface area contributed by atoms with Crippen LogP contribution in [0.5, 0.6) is 11.5 Å². The van der Waals surface area contributed by atoms with E-state index < -0.39 is 11.8 Å². The Bertz CT molecular complexity index is 1290. The average Bonchev–Trinajstić information content (AvgIpc) is 2.87. The van der Waals surface area contributed by atoms with Crippen LogP contribution in [-0.4, -0.2) is 41.3 Å². The van der Waals surface area contributed by atoms with Crippen molar-refractivity contribution in [3.05, 3.63) is 94.1 Å². The maximum Gasteiger partial charge on any atom is 0.287 e. The van der Waals surface area contributed by atoms with Crippen molar-refractivity contribution in [1.82, 2.24) is 10.7 Å². The second-order valence-corrected chi connectivity index (χ2v) is 8.11. The number of phenols is 2. The molecule has 0 fully saturated rings. The van der Waals surface area contributed by atoms with E-state index in [1.54, 1.807) is 24.3 Å². The lowest BCUT2D eigenvalue weighted by atomic mass is 10.1. The maximum absolute atomic E-state index is 12.9. The third-order valence-electron chi connectivity index (χ3n) is 5.32. The highest BCUT2D eigenvalue weighted by molar-refractivity contribution is 6.34. The molecule has 0 saturated carbocycles. The summed E-state index contributed by atoms with van der Waals surface area (Å²) in [7, 11) is 0. The first kappa shape index (κ1) is 26.3. The fourth-order valence-corrected chi connectivity index (χ4v) is 3.60. The minimum atomic E-state index is -0.664. The van der Waals surface area contributed by atoms with Gasteiger partial charge in [-0.05, 0) is 73.5 Å². The summed E-state index contributed by atoms with van der Waals surface area (Å²) >= 11 is 6.14. The number of nitrogens with zero attached hydrogens (tertiary/aromatic N) is 2. The van der Waals surface area contributed by atoms with E-state index in [2.05, 4.69) is 34.6 Å². The fraction of sp³-hybridized carbons (Fsp3) is 0.148. The molecule has 3 aromatic rings. The van der Waals surface area contributed by atoms with Gasteiger partial charge >= 0.3 is 0 Å². The van der Waals surface area contributed by atoms with Gasteiger partial charge in [0.1, 0.15) is 5.70 Å². The molecule has 0 heterocycles. The molecule has 3 rings (SSSR count). The van der Waals surface area contributed by atoms with Gasteiger partial charge in [-0.15, -0.1) is 0 Å². The highest BCUT2D eigenvalue weighted by Crippen LogP contribution is 2.24. The van der Waals surface area contributed by atoms with Gasteiger partial charge in [-0.3, -0.25) is 9.59 Å². The molecule has 0 radical (unpaired) electrons. The van der Waals surface area contributed by atoms with E-state index in [0.717, 1.165) is 18.8 Å². The molecule has 0 atom stereocenters. The van der Waals surface area contributed by atoms with Gasteiger partial charge in [-0.1, -0.05) is 35.9 Å². The quantitative estimate of drug-likeness (QED) is 0.147. The molecule has 36 heavy (non-hydrogen) atoms. The number of hydrazone groups is 1. The second-order valence-electron chi connectivity index (χ2n) is 7.70. The standard InChI is InChI=1S/C27H27ClN4O4/c1-3-32(4-2)20-12-9-18(10-13-20)15-23(30-26(35)21-7-5-6-8-22(21)28)27(36)31-29-17-19-11-14-24(33)25(34)16-19/h5-17,33-34H,3-4H2,1-2H3,(H,30,35)(H,31,36). The summed E-state index contributed by atoms with van der Waals surface area (Å²) in [5.74, 6) is -1.79. The van der Waals surface area contributed by atoms with Crippen molar-refractivity contribution in [2.24, 2.45) is 5.10 Å². The topological polar surface area (TPSA) is 114 Å². The predicted molar refractivity (Wildman–Crippen MR) is 142 cm³/mol. The molecule has 0 aliphatic heterocycles. The molecule has 9 heteroatoms. The van der Waals surface area contributed by atoms with E-state index in [9.17, 15) is 19.8 Å². The Hall–Kier alpha value is -4.30. The van der Waals surface area contributed by atoms with Gasteiger partial charge in [-0.25, -0.2) is 5.43 Å². The van der Waals surface area contributed by atoms with Crippen LogP contribution in [0.3, 0.4) is 0 Å². The first-order valence-corrected chi connectivity index (χ1v) is 11.7. The Labute approximate surface area is 214 Å². The number of hydrogen-bond donors (Lipinski definition) is 4. The van der Waals surface area contributed by atoms with Crippen LogP contribution >= 0.6 is 11.6 Å². The Morgan fingerprint density at radius 3 is 2.25 bits per heavy atom. The summed E-state index contributed by atoms with van der Waals surface area (Å²) in [4.78, 5) is 28.0. The molecule has 0 bridgehead atoms. The Morgan fingerprint density at radius 1 is 0.944 bits per heavy atom. The number of hydrogen-bond acceptors (Lipinski definition) is 6. The van der Waals surface area contributed by atoms with E-state index in [1.807, 2.05) is 24.3 Å². The molecular weight excluding hydrogens is 480 g/mol. The van der Waals surface area contributed by atoms with E-state index in [4.69, 9.17) is 11.6 Å². The van der Waals surface area contributed by atoms with Gasteiger partial charge in [0.05, 0.1) is 16.8 Å². The van der Waals surface area contributed by atoms with Gasteiger partial charge in [0.2, 0.25) is 0 Å². The Balaban J connectivity index is 1.85. The molecule has 0 aliphatic rings. The molecular formula is C27H27ClN4O4. The van der Waals surface area contributed by atoms with Crippen LogP contribution in [0.25, 0.3) is 6.08 Å². The van der Waals surface area contributed by atoms with Crippen LogP contribution < -0.4 is 15.6 Å². The lowest BCUT2D eigenvalue weighted by Crippen LogP contribution is -2.33. The average molecular weight is 507 g/mol. The summed E-state index contributed by atoms with van der Waals surface area (Å²) in [5.41, 5.74) is 4.74. The van der Waals surface area contributed by atoms with Crippen LogP contribution in [0.4, 0.5) is 5.69 Å². The van der Waals surface area contributed by atoms with E-state index >= 15 is 0 Å². The molecule has 3 aromatic carbocycles. The van der Waals surface area contributed by atoms with Crippen molar-refractivity contribution < 1.29 is 19.8 Å². The van der Waals surface area contributed by atoms with Crippen LogP contribution in [0.15, 0.2) is 77.5 Å². The summed E-state index contributed by atoms with van der Waals surface area (Å²) in [6, 6.07) is 18.2. The largest absolute Gasteiger partial charge is 0.504 e. The van der Waals surface area contributed by atoms with Gasteiger partial charge < -0.3 is 20.4 Å². The molecule has 0 aliphatic carbocycles. The van der Waals surface area contributed by atoms with Gasteiger partial charge in [0.25, 0.3) is 11.8 Å². The zero-order valence-electron chi connectivity index (χ0n) is 19.9. The number of amides is 2. The number of anilines is 1. The third-order valence-corrected chi connectivity index (χ3v) is 5.65. The minimum absolute atomic E-state index is 0.0405. The summed E-state index contributed by atoms with van der Waals surface area (Å²) in [6.45, 7) is 5.88. The molecule has 2 amide bonds. The van der Waals surface area contributed by atoms with Gasteiger partial charge in [0.15, 0.2) is 11.5 Å². The van der Waals surface area contributed by atoms with E-state index in [1.165, 1.54) is 30.5 Å².